The lowest BCUT2D eigenvalue weighted by Crippen LogP contribution is -2.49. The molecular weight excluding hydrogens is 252 g/mol. The highest BCUT2D eigenvalue weighted by atomic mass is 16.1. The maximum atomic E-state index is 12.5. The molecule has 5 nitrogen and oxygen atoms in total. The van der Waals surface area contributed by atoms with Gasteiger partial charge < -0.3 is 4.57 Å². The van der Waals surface area contributed by atoms with Crippen molar-refractivity contribution in [2.24, 2.45) is 0 Å². The van der Waals surface area contributed by atoms with E-state index in [1.807, 2.05) is 20.8 Å². The van der Waals surface area contributed by atoms with E-state index in [4.69, 9.17) is 0 Å². The summed E-state index contributed by atoms with van der Waals surface area (Å²) >= 11 is 0. The lowest BCUT2D eigenvalue weighted by molar-refractivity contribution is 0.134. The smallest absolute Gasteiger partial charge is 0.295 e. The number of nitrogens with one attached hydrogen (secondary N) is 1. The molecule has 0 radical (unpaired) electrons. The molecule has 0 amide bonds. The van der Waals surface area contributed by atoms with Crippen LogP contribution in [-0.2, 0) is 5.54 Å². The van der Waals surface area contributed by atoms with E-state index >= 15 is 0 Å². The van der Waals surface area contributed by atoms with Gasteiger partial charge in [0.15, 0.2) is 0 Å². The Morgan fingerprint density at radius 3 is 2.40 bits per heavy atom. The van der Waals surface area contributed by atoms with Crippen molar-refractivity contribution in [2.75, 3.05) is 5.43 Å². The predicted octanol–water partition coefficient (Wildman–Crippen LogP) is 2.59. The van der Waals surface area contributed by atoms with Crippen LogP contribution in [0.1, 0.15) is 53.9 Å². The zero-order valence-corrected chi connectivity index (χ0v) is 13.2. The second-order valence-electron chi connectivity index (χ2n) is 6.77. The van der Waals surface area contributed by atoms with Crippen LogP contribution in [0.4, 0.5) is 5.82 Å². The number of aromatic nitrogens is 2. The molecule has 20 heavy (non-hydrogen) atoms. The third-order valence-corrected chi connectivity index (χ3v) is 3.99. The normalized spacial score (nSPS) is 24.6. The first-order valence-corrected chi connectivity index (χ1v) is 7.44. The van der Waals surface area contributed by atoms with Crippen LogP contribution in [0, 0.1) is 0 Å². The van der Waals surface area contributed by atoms with Crippen LogP contribution >= 0.6 is 0 Å². The maximum absolute atomic E-state index is 12.5. The highest BCUT2D eigenvalue weighted by Crippen LogP contribution is 2.22. The van der Waals surface area contributed by atoms with E-state index in [0.717, 1.165) is 12.8 Å². The predicted molar refractivity (Wildman–Crippen MR) is 81.7 cm³/mol. The number of hydrogen-bond donors (Lipinski definition) is 1. The molecule has 0 aromatic carbocycles. The fourth-order valence-electron chi connectivity index (χ4n) is 2.78. The first kappa shape index (κ1) is 15.0. The van der Waals surface area contributed by atoms with Gasteiger partial charge in [0.05, 0.1) is 0 Å². The number of hydrazine groups is 1. The molecular formula is C15H26N4O. The summed E-state index contributed by atoms with van der Waals surface area (Å²) in [7, 11) is 0. The summed E-state index contributed by atoms with van der Waals surface area (Å²) in [4.78, 5) is 16.7. The van der Waals surface area contributed by atoms with Crippen LogP contribution in [0.25, 0.3) is 0 Å². The number of hydrogen-bond acceptors (Lipinski definition) is 4. The summed E-state index contributed by atoms with van der Waals surface area (Å²) < 4.78 is 1.72. The van der Waals surface area contributed by atoms with Gasteiger partial charge in [-0.2, -0.15) is 0 Å². The van der Waals surface area contributed by atoms with Crippen LogP contribution < -0.4 is 11.0 Å². The van der Waals surface area contributed by atoms with E-state index in [1.54, 1.807) is 17.0 Å². The highest BCUT2D eigenvalue weighted by molar-refractivity contribution is 5.30. The molecule has 2 unspecified atom stereocenters. The minimum absolute atomic E-state index is 0.0648. The SMILES string of the molecule is CC1CCCC(C)N1Nc1nccn(C(C)(C)C)c1=O. The summed E-state index contributed by atoms with van der Waals surface area (Å²) in [6.07, 6.45) is 6.98. The fraction of sp³-hybridized carbons (Fsp3) is 0.733. The van der Waals surface area contributed by atoms with E-state index in [0.29, 0.717) is 17.9 Å². The Kier molecular flexibility index (Phi) is 4.18. The molecule has 2 heterocycles. The molecule has 2 atom stereocenters. The molecule has 1 aliphatic heterocycles. The molecule has 0 saturated carbocycles. The zero-order valence-electron chi connectivity index (χ0n) is 13.2. The van der Waals surface area contributed by atoms with Crippen LogP contribution in [0.5, 0.6) is 0 Å². The molecule has 0 spiro atoms. The molecule has 1 aromatic heterocycles. The van der Waals surface area contributed by atoms with Gasteiger partial charge in [-0.05, 0) is 47.5 Å². The van der Waals surface area contributed by atoms with Gasteiger partial charge in [0, 0.05) is 30.0 Å². The Hall–Kier alpha value is -1.36. The molecule has 5 heteroatoms. The van der Waals surface area contributed by atoms with E-state index in [-0.39, 0.29) is 11.1 Å². The molecule has 1 saturated heterocycles. The van der Waals surface area contributed by atoms with Crippen LogP contribution in [0.15, 0.2) is 17.2 Å². The number of piperidine rings is 1. The van der Waals surface area contributed by atoms with Crippen molar-refractivity contribution in [3.05, 3.63) is 22.7 Å². The van der Waals surface area contributed by atoms with Gasteiger partial charge in [0.2, 0.25) is 5.82 Å². The third-order valence-electron chi connectivity index (χ3n) is 3.99. The summed E-state index contributed by atoms with van der Waals surface area (Å²) in [6.45, 7) is 10.4. The molecule has 2 rings (SSSR count). The maximum Gasteiger partial charge on any atom is 0.295 e. The number of nitrogens with zero attached hydrogens (tertiary/aromatic N) is 3. The van der Waals surface area contributed by atoms with Crippen molar-refractivity contribution < 1.29 is 0 Å². The Labute approximate surface area is 121 Å². The van der Waals surface area contributed by atoms with Crippen LogP contribution in [-0.4, -0.2) is 26.6 Å². The van der Waals surface area contributed by atoms with Gasteiger partial charge >= 0.3 is 0 Å². The molecule has 1 aliphatic rings. The number of rotatable bonds is 2. The Morgan fingerprint density at radius 2 is 1.85 bits per heavy atom. The highest BCUT2D eigenvalue weighted by Gasteiger charge is 2.26. The van der Waals surface area contributed by atoms with E-state index in [2.05, 4.69) is 29.3 Å². The third kappa shape index (κ3) is 3.03. The Bertz CT molecular complexity index is 507. The summed E-state index contributed by atoms with van der Waals surface area (Å²) in [5, 5.41) is 2.17. The van der Waals surface area contributed by atoms with Crippen LogP contribution in [0.3, 0.4) is 0 Å². The monoisotopic (exact) mass is 278 g/mol. The number of anilines is 1. The van der Waals surface area contributed by atoms with Gasteiger partial charge in [0.25, 0.3) is 5.56 Å². The summed E-state index contributed by atoms with van der Waals surface area (Å²) in [6, 6.07) is 0.839. The first-order valence-electron chi connectivity index (χ1n) is 7.44. The molecule has 112 valence electrons. The van der Waals surface area contributed by atoms with Crippen LogP contribution in [0.2, 0.25) is 0 Å². The quantitative estimate of drug-likeness (QED) is 0.903. The van der Waals surface area contributed by atoms with E-state index in [9.17, 15) is 4.79 Å². The van der Waals surface area contributed by atoms with E-state index < -0.39 is 0 Å². The molecule has 1 N–H and O–H groups in total. The second-order valence-corrected chi connectivity index (χ2v) is 6.77. The fourth-order valence-corrected chi connectivity index (χ4v) is 2.78. The Balaban J connectivity index is 2.28. The lowest BCUT2D eigenvalue weighted by Gasteiger charge is -2.39. The minimum Gasteiger partial charge on any atom is -0.306 e. The van der Waals surface area contributed by atoms with Gasteiger partial charge in [-0.25, -0.2) is 9.99 Å². The van der Waals surface area contributed by atoms with Gasteiger partial charge in [0.1, 0.15) is 0 Å². The topological polar surface area (TPSA) is 50.2 Å². The van der Waals surface area contributed by atoms with Gasteiger partial charge in [-0.15, -0.1) is 0 Å². The zero-order chi connectivity index (χ0) is 14.9. The molecule has 1 aromatic rings. The van der Waals surface area contributed by atoms with Crippen molar-refractivity contribution in [2.45, 2.75) is 71.5 Å². The van der Waals surface area contributed by atoms with Crippen molar-refractivity contribution in [1.29, 1.82) is 0 Å². The van der Waals surface area contributed by atoms with Crippen molar-refractivity contribution in [3.63, 3.8) is 0 Å². The molecule has 1 fully saturated rings. The Morgan fingerprint density at radius 1 is 1.25 bits per heavy atom. The summed E-state index contributed by atoms with van der Waals surface area (Å²) in [5.74, 6) is 0.419. The standard InChI is InChI=1S/C15H26N4O/c1-11-7-6-8-12(2)19(11)17-13-14(20)18(10-9-16-13)15(3,4)5/h9-12H,6-8H2,1-5H3,(H,16,17). The molecule has 0 aliphatic carbocycles. The summed E-state index contributed by atoms with van der Waals surface area (Å²) in [5.41, 5.74) is 2.94. The minimum atomic E-state index is -0.240. The van der Waals surface area contributed by atoms with Gasteiger partial charge in [-0.1, -0.05) is 6.42 Å². The average Bonchev–Trinajstić information content (AvgIpc) is 2.34. The van der Waals surface area contributed by atoms with E-state index in [1.165, 1.54) is 6.42 Å². The van der Waals surface area contributed by atoms with Gasteiger partial charge in [-0.3, -0.25) is 10.2 Å². The lowest BCUT2D eigenvalue weighted by atomic mass is 10.00. The average molecular weight is 278 g/mol. The van der Waals surface area contributed by atoms with Crippen molar-refractivity contribution >= 4 is 5.82 Å². The molecule has 0 bridgehead atoms. The first-order chi connectivity index (χ1) is 9.30. The second kappa shape index (κ2) is 5.56. The largest absolute Gasteiger partial charge is 0.306 e. The van der Waals surface area contributed by atoms with Crippen molar-refractivity contribution in [3.8, 4) is 0 Å². The van der Waals surface area contributed by atoms with Crippen molar-refractivity contribution in [1.82, 2.24) is 14.6 Å².